The number of nitrogens with one attached hydrogen (secondary N) is 2. The van der Waals surface area contributed by atoms with Crippen LogP contribution >= 0.6 is 0 Å². The zero-order valence-electron chi connectivity index (χ0n) is 16.9. The van der Waals surface area contributed by atoms with Gasteiger partial charge in [0.15, 0.2) is 0 Å². The first-order valence-electron chi connectivity index (χ1n) is 10.3. The van der Waals surface area contributed by atoms with Crippen LogP contribution in [-0.2, 0) is 11.2 Å². The van der Waals surface area contributed by atoms with Crippen LogP contribution in [0.15, 0.2) is 42.1 Å². The smallest absolute Gasteiger partial charge is 0.249 e. The Balaban J connectivity index is 1.85. The molecule has 144 valence electrons. The molecule has 0 aromatic heterocycles. The fourth-order valence-electron chi connectivity index (χ4n) is 3.81. The second-order valence-corrected chi connectivity index (χ2v) is 8.14. The third kappa shape index (κ3) is 4.35. The predicted molar refractivity (Wildman–Crippen MR) is 114 cm³/mol. The molecule has 0 atom stereocenters. The maximum Gasteiger partial charge on any atom is 0.249 e. The minimum absolute atomic E-state index is 0.0151. The Morgan fingerprint density at radius 2 is 1.63 bits per heavy atom. The van der Waals surface area contributed by atoms with Gasteiger partial charge in [-0.3, -0.25) is 10.2 Å². The first kappa shape index (κ1) is 19.5. The van der Waals surface area contributed by atoms with E-state index >= 15 is 0 Å². The molecular formula is C24H32N2O. The lowest BCUT2D eigenvalue weighted by molar-refractivity contribution is -0.125. The molecule has 3 heteroatoms. The van der Waals surface area contributed by atoms with E-state index in [1.807, 2.05) is 13.8 Å². The highest BCUT2D eigenvalue weighted by Crippen LogP contribution is 2.32. The van der Waals surface area contributed by atoms with Crippen LogP contribution in [0.3, 0.4) is 0 Å². The zero-order chi connectivity index (χ0) is 19.3. The normalized spacial score (nSPS) is 17.3. The van der Waals surface area contributed by atoms with E-state index in [1.165, 1.54) is 60.4 Å². The number of aryl methyl sites for hydroxylation is 1. The summed E-state index contributed by atoms with van der Waals surface area (Å²) >= 11 is 0. The molecule has 0 radical (unpaired) electrons. The van der Waals surface area contributed by atoms with Gasteiger partial charge in [0.05, 0.1) is 5.41 Å². The van der Waals surface area contributed by atoms with Crippen molar-refractivity contribution in [2.45, 2.75) is 65.7 Å². The molecule has 0 bridgehead atoms. The minimum atomic E-state index is -0.531. The van der Waals surface area contributed by atoms with E-state index in [4.69, 9.17) is 0 Å². The Morgan fingerprint density at radius 3 is 2.33 bits per heavy atom. The Morgan fingerprint density at radius 1 is 0.926 bits per heavy atom. The summed E-state index contributed by atoms with van der Waals surface area (Å²) in [6, 6.07) is 13.0. The first-order chi connectivity index (χ1) is 13.0. The van der Waals surface area contributed by atoms with Gasteiger partial charge in [-0.2, -0.15) is 0 Å². The van der Waals surface area contributed by atoms with Crippen LogP contribution in [0.4, 0.5) is 0 Å². The first-order valence-corrected chi connectivity index (χ1v) is 10.3. The van der Waals surface area contributed by atoms with Crippen molar-refractivity contribution in [3.8, 4) is 0 Å². The van der Waals surface area contributed by atoms with Crippen molar-refractivity contribution in [3.05, 3.63) is 53.2 Å². The van der Waals surface area contributed by atoms with Gasteiger partial charge in [0, 0.05) is 5.70 Å². The van der Waals surface area contributed by atoms with Crippen LogP contribution in [0.25, 0.3) is 16.8 Å². The summed E-state index contributed by atoms with van der Waals surface area (Å²) in [5.41, 5.74) is 8.79. The van der Waals surface area contributed by atoms with E-state index in [-0.39, 0.29) is 5.91 Å². The number of carbonyl (C=O) groups excluding carboxylic acids is 1. The van der Waals surface area contributed by atoms with Crippen LogP contribution in [0.5, 0.6) is 0 Å². The highest BCUT2D eigenvalue weighted by Gasteiger charge is 2.37. The van der Waals surface area contributed by atoms with Gasteiger partial charge in [-0.25, -0.2) is 0 Å². The molecule has 0 aliphatic carbocycles. The fraction of sp³-hybridized carbons (Fsp3) is 0.458. The minimum Gasteiger partial charge on any atom is -0.302 e. The number of rotatable bonds is 8. The molecular weight excluding hydrogens is 332 g/mol. The Bertz CT molecular complexity index is 830. The summed E-state index contributed by atoms with van der Waals surface area (Å²) in [6.07, 6.45) is 11.1. The number of fused-ring (bicyclic) bond motifs is 1. The molecule has 1 aliphatic heterocycles. The third-order valence-corrected chi connectivity index (χ3v) is 5.67. The van der Waals surface area contributed by atoms with E-state index in [0.29, 0.717) is 0 Å². The van der Waals surface area contributed by atoms with Crippen molar-refractivity contribution in [1.82, 2.24) is 10.9 Å². The van der Waals surface area contributed by atoms with Crippen LogP contribution in [0.2, 0.25) is 0 Å². The van der Waals surface area contributed by atoms with Crippen molar-refractivity contribution < 1.29 is 4.79 Å². The third-order valence-electron chi connectivity index (χ3n) is 5.67. The SMILES string of the molecule is CCCCCCCCc1cccc2cccc(/C=C3\NNC(=O)C3(C)C)c12. The predicted octanol–water partition coefficient (Wildman–Crippen LogP) is 5.74. The summed E-state index contributed by atoms with van der Waals surface area (Å²) in [7, 11) is 0. The van der Waals surface area contributed by atoms with E-state index in [0.717, 1.165) is 12.1 Å². The number of benzene rings is 2. The Kier molecular flexibility index (Phi) is 6.20. The van der Waals surface area contributed by atoms with E-state index < -0.39 is 5.41 Å². The highest BCUT2D eigenvalue weighted by atomic mass is 16.2. The van der Waals surface area contributed by atoms with Gasteiger partial charge in [-0.1, -0.05) is 75.4 Å². The van der Waals surface area contributed by atoms with Gasteiger partial charge in [-0.15, -0.1) is 0 Å². The Hall–Kier alpha value is -2.29. The van der Waals surface area contributed by atoms with Crippen LogP contribution < -0.4 is 10.9 Å². The van der Waals surface area contributed by atoms with Crippen molar-refractivity contribution in [3.63, 3.8) is 0 Å². The molecule has 3 nitrogen and oxygen atoms in total. The zero-order valence-corrected chi connectivity index (χ0v) is 16.9. The number of carbonyl (C=O) groups is 1. The molecule has 0 saturated carbocycles. The number of hydrogen-bond donors (Lipinski definition) is 2. The number of hydrogen-bond acceptors (Lipinski definition) is 2. The molecule has 2 aromatic carbocycles. The summed E-state index contributed by atoms with van der Waals surface area (Å²) in [4.78, 5) is 12.1. The second-order valence-electron chi connectivity index (χ2n) is 8.14. The van der Waals surface area contributed by atoms with Gasteiger partial charge < -0.3 is 5.43 Å². The summed E-state index contributed by atoms with van der Waals surface area (Å²) in [6.45, 7) is 6.17. The highest BCUT2D eigenvalue weighted by molar-refractivity contribution is 5.95. The van der Waals surface area contributed by atoms with Gasteiger partial charge in [0.25, 0.3) is 0 Å². The maximum absolute atomic E-state index is 12.1. The molecule has 1 heterocycles. The van der Waals surface area contributed by atoms with Crippen molar-refractivity contribution in [2.75, 3.05) is 0 Å². The number of hydrazine groups is 1. The van der Waals surface area contributed by atoms with Crippen LogP contribution in [-0.4, -0.2) is 5.91 Å². The molecule has 1 saturated heterocycles. The largest absolute Gasteiger partial charge is 0.302 e. The van der Waals surface area contributed by atoms with Crippen LogP contribution in [0.1, 0.15) is 70.4 Å². The van der Waals surface area contributed by atoms with E-state index in [9.17, 15) is 4.79 Å². The van der Waals surface area contributed by atoms with Gasteiger partial charge in [-0.05, 0) is 54.7 Å². The maximum atomic E-state index is 12.1. The van der Waals surface area contributed by atoms with E-state index in [1.54, 1.807) is 0 Å². The molecule has 3 rings (SSSR count). The monoisotopic (exact) mass is 364 g/mol. The van der Waals surface area contributed by atoms with Gasteiger partial charge in [0.1, 0.15) is 0 Å². The molecule has 1 fully saturated rings. The van der Waals surface area contributed by atoms with Crippen molar-refractivity contribution in [1.29, 1.82) is 0 Å². The summed E-state index contributed by atoms with van der Waals surface area (Å²) in [5.74, 6) is 0.0151. The lowest BCUT2D eigenvalue weighted by Gasteiger charge is -2.16. The van der Waals surface area contributed by atoms with Crippen LogP contribution in [0, 0.1) is 5.41 Å². The molecule has 2 aromatic rings. The topological polar surface area (TPSA) is 41.1 Å². The van der Waals surface area contributed by atoms with Crippen molar-refractivity contribution >= 4 is 22.8 Å². The molecule has 0 unspecified atom stereocenters. The second kappa shape index (κ2) is 8.60. The quantitative estimate of drug-likeness (QED) is 0.586. The molecule has 27 heavy (non-hydrogen) atoms. The lowest BCUT2D eigenvalue weighted by Crippen LogP contribution is -2.28. The van der Waals surface area contributed by atoms with Gasteiger partial charge in [0.2, 0.25) is 5.91 Å². The average molecular weight is 365 g/mol. The number of amides is 1. The van der Waals surface area contributed by atoms with E-state index in [2.05, 4.69) is 60.2 Å². The molecule has 0 spiro atoms. The van der Waals surface area contributed by atoms with Gasteiger partial charge >= 0.3 is 0 Å². The molecule has 1 aliphatic rings. The Labute approximate surface area is 163 Å². The lowest BCUT2D eigenvalue weighted by atomic mass is 9.87. The summed E-state index contributed by atoms with van der Waals surface area (Å²) < 4.78 is 0. The molecule has 2 N–H and O–H groups in total. The number of unbranched alkanes of at least 4 members (excludes halogenated alkanes) is 5. The molecule has 1 amide bonds. The average Bonchev–Trinajstić information content (AvgIpc) is 2.91. The standard InChI is InChI=1S/C24H32N2O/c1-4-5-6-7-8-9-12-18-13-10-14-19-15-11-16-20(22(18)19)17-21-24(2,3)23(27)26-25-21/h10-11,13-17,25H,4-9,12H2,1-3H3,(H,26,27)/b21-17-. The van der Waals surface area contributed by atoms with Crippen molar-refractivity contribution in [2.24, 2.45) is 5.41 Å². The fourth-order valence-corrected chi connectivity index (χ4v) is 3.81. The summed E-state index contributed by atoms with van der Waals surface area (Å²) in [5, 5.41) is 2.58.